The Bertz CT molecular complexity index is 823. The molecule has 1 aliphatic heterocycles. The lowest BCUT2D eigenvalue weighted by Gasteiger charge is -2.52. The molecule has 8 atom stereocenters. The minimum atomic E-state index is -1.71. The summed E-state index contributed by atoms with van der Waals surface area (Å²) in [4.78, 5) is 14.1. The number of aliphatic hydroxyl groups excluding tert-OH is 1. The summed E-state index contributed by atoms with van der Waals surface area (Å²) in [6.45, 7) is 12.3. The van der Waals surface area contributed by atoms with E-state index in [1.165, 1.54) is 0 Å². The van der Waals surface area contributed by atoms with Gasteiger partial charge in [-0.2, -0.15) is 0 Å². The van der Waals surface area contributed by atoms with Gasteiger partial charge in [0.1, 0.15) is 17.8 Å². The molecule has 1 saturated heterocycles. The second-order valence-corrected chi connectivity index (χ2v) is 10.9. The second kappa shape index (κ2) is 5.18. The fraction of sp³-hybridized carbons (Fsp3) is 0.783. The molecule has 5 aliphatic rings. The smallest absolute Gasteiger partial charge is 0.164 e. The molecule has 5 rings (SSSR count). The molecule has 0 aromatic rings. The normalized spacial score (nSPS) is 53.1. The average molecular weight is 389 g/mol. The van der Waals surface area contributed by atoms with E-state index in [2.05, 4.69) is 20.8 Å². The summed E-state index contributed by atoms with van der Waals surface area (Å²) in [6.07, 6.45) is 2.85. The van der Waals surface area contributed by atoms with Crippen molar-refractivity contribution in [2.45, 2.75) is 71.6 Å². The van der Waals surface area contributed by atoms with Crippen LogP contribution >= 0.6 is 0 Å². The van der Waals surface area contributed by atoms with Gasteiger partial charge in [-0.15, -0.1) is 0 Å². The van der Waals surface area contributed by atoms with Crippen molar-refractivity contribution in [3.8, 4) is 0 Å². The maximum Gasteiger partial charge on any atom is 0.164 e. The third-order valence-corrected chi connectivity index (χ3v) is 8.71. The molecule has 2 bridgehead atoms. The lowest BCUT2D eigenvalue weighted by atomic mass is 9.59. The van der Waals surface area contributed by atoms with E-state index >= 15 is 0 Å². The third kappa shape index (κ3) is 1.95. The zero-order valence-corrected chi connectivity index (χ0v) is 17.7. The van der Waals surface area contributed by atoms with E-state index in [0.717, 1.165) is 12.0 Å². The van der Waals surface area contributed by atoms with E-state index in [9.17, 15) is 15.0 Å². The molecule has 1 heterocycles. The molecule has 3 fully saturated rings. The first-order valence-corrected chi connectivity index (χ1v) is 10.5. The van der Waals surface area contributed by atoms with Crippen molar-refractivity contribution >= 4 is 5.78 Å². The van der Waals surface area contributed by atoms with Gasteiger partial charge >= 0.3 is 0 Å². The highest BCUT2D eigenvalue weighted by molar-refractivity contribution is 5.95. The summed E-state index contributed by atoms with van der Waals surface area (Å²) in [7, 11) is 0. The zero-order valence-electron chi connectivity index (χ0n) is 17.7. The van der Waals surface area contributed by atoms with Gasteiger partial charge < -0.3 is 19.7 Å². The van der Waals surface area contributed by atoms with Gasteiger partial charge in [0.15, 0.2) is 11.6 Å². The highest BCUT2D eigenvalue weighted by atomic mass is 16.7. The molecule has 1 spiro atoms. The van der Waals surface area contributed by atoms with Gasteiger partial charge in [-0.25, -0.2) is 0 Å². The van der Waals surface area contributed by atoms with Gasteiger partial charge in [-0.1, -0.05) is 32.9 Å². The quantitative estimate of drug-likeness (QED) is 0.624. The maximum atomic E-state index is 14.1. The van der Waals surface area contributed by atoms with Crippen LogP contribution in [-0.4, -0.2) is 46.2 Å². The van der Waals surface area contributed by atoms with Crippen molar-refractivity contribution in [1.82, 2.24) is 0 Å². The van der Waals surface area contributed by atoms with E-state index in [0.29, 0.717) is 18.1 Å². The van der Waals surface area contributed by atoms with Crippen LogP contribution in [0.5, 0.6) is 0 Å². The van der Waals surface area contributed by atoms with E-state index < -0.39 is 29.0 Å². The summed E-state index contributed by atoms with van der Waals surface area (Å²) in [6, 6.07) is 0. The summed E-state index contributed by atoms with van der Waals surface area (Å²) in [5.74, 6) is -0.504. The Kier molecular flexibility index (Phi) is 3.51. The minimum Gasteiger partial charge on any atom is -0.386 e. The Morgan fingerprint density at radius 1 is 1.21 bits per heavy atom. The number of ether oxygens (including phenoxy) is 2. The number of rotatable bonds is 0. The second-order valence-electron chi connectivity index (χ2n) is 10.9. The van der Waals surface area contributed by atoms with Crippen molar-refractivity contribution in [3.63, 3.8) is 0 Å². The van der Waals surface area contributed by atoms with E-state index in [1.807, 2.05) is 32.9 Å². The first-order valence-electron chi connectivity index (χ1n) is 10.5. The van der Waals surface area contributed by atoms with Crippen LogP contribution in [0.3, 0.4) is 0 Å². The minimum absolute atomic E-state index is 0.0415. The molecule has 0 aromatic heterocycles. The largest absolute Gasteiger partial charge is 0.386 e. The molecule has 2 N–H and O–H groups in total. The molecule has 154 valence electrons. The number of ketones is 1. The summed E-state index contributed by atoms with van der Waals surface area (Å²) < 4.78 is 12.1. The Morgan fingerprint density at radius 2 is 1.89 bits per heavy atom. The molecule has 0 radical (unpaired) electrons. The van der Waals surface area contributed by atoms with Gasteiger partial charge in [0.05, 0.1) is 12.0 Å². The topological polar surface area (TPSA) is 76.0 Å². The number of hydrogen-bond donors (Lipinski definition) is 2. The maximum absolute atomic E-state index is 14.1. The third-order valence-electron chi connectivity index (χ3n) is 8.71. The molecule has 0 amide bonds. The fourth-order valence-electron chi connectivity index (χ4n) is 7.14. The predicted octanol–water partition coefficient (Wildman–Crippen LogP) is 2.61. The Morgan fingerprint density at radius 3 is 2.57 bits per heavy atom. The number of allylic oxidation sites excluding steroid dienone is 1. The van der Waals surface area contributed by atoms with E-state index in [1.54, 1.807) is 0 Å². The first kappa shape index (κ1) is 19.0. The molecule has 5 nitrogen and oxygen atoms in total. The molecule has 28 heavy (non-hydrogen) atoms. The van der Waals surface area contributed by atoms with Crippen molar-refractivity contribution in [3.05, 3.63) is 23.3 Å². The van der Waals surface area contributed by atoms with Crippen molar-refractivity contribution in [2.75, 3.05) is 6.61 Å². The van der Waals surface area contributed by atoms with Crippen molar-refractivity contribution in [2.24, 2.45) is 34.5 Å². The van der Waals surface area contributed by atoms with Crippen LogP contribution in [0, 0.1) is 34.5 Å². The Labute approximate surface area is 166 Å². The number of carbonyl (C=O) groups excluding carboxylic acids is 1. The highest BCUT2D eigenvalue weighted by Gasteiger charge is 2.76. The number of fused-ring (bicyclic) bond motifs is 5. The van der Waals surface area contributed by atoms with Crippen LogP contribution in [0.15, 0.2) is 23.3 Å². The number of Topliss-reactive ketones (excluding diaryl/α,β-unsaturated/α-hetero) is 1. The van der Waals surface area contributed by atoms with Crippen LogP contribution in [0.4, 0.5) is 0 Å². The van der Waals surface area contributed by atoms with E-state index in [-0.39, 0.29) is 29.0 Å². The standard InChI is InChI=1S/C23H32O5/c1-11-9-22-12(2)7-15-16(20(15,3)4)14(18(22)25)8-13-10-27-21(5,6)28-19(13)23(22,26)17(11)24/h8-9,12,14-17,19,24,26H,7,10H2,1-6H3/t12-,14-,15-,16+,17+,19-,22+,23-/m1/s1. The first-order chi connectivity index (χ1) is 12.9. The summed E-state index contributed by atoms with van der Waals surface area (Å²) in [5.41, 5.74) is -1.29. The SMILES string of the molecule is CC1=C[C@]23C(=O)[C@H](C=C4COC(C)(C)O[C@H]4[C@]2(O)[C@H]1O)[C@H]1[C@@H](C[C@H]3C)C1(C)C. The molecule has 5 heteroatoms. The number of hydrogen-bond acceptors (Lipinski definition) is 5. The van der Waals surface area contributed by atoms with Crippen LogP contribution in [0.1, 0.15) is 48.0 Å². The van der Waals surface area contributed by atoms with Crippen molar-refractivity contribution < 1.29 is 24.5 Å². The predicted molar refractivity (Wildman–Crippen MR) is 103 cm³/mol. The molecule has 0 unspecified atom stereocenters. The summed E-state index contributed by atoms with van der Waals surface area (Å²) >= 11 is 0. The van der Waals surface area contributed by atoms with Crippen LogP contribution in [-0.2, 0) is 14.3 Å². The van der Waals surface area contributed by atoms with Gasteiger partial charge in [-0.3, -0.25) is 4.79 Å². The van der Waals surface area contributed by atoms with E-state index in [4.69, 9.17) is 9.47 Å². The molecular formula is C23H32O5. The van der Waals surface area contributed by atoms with Gasteiger partial charge in [0.25, 0.3) is 0 Å². The highest BCUT2D eigenvalue weighted by Crippen LogP contribution is 2.72. The van der Waals surface area contributed by atoms with Crippen LogP contribution in [0.25, 0.3) is 0 Å². The monoisotopic (exact) mass is 388 g/mol. The fourth-order valence-corrected chi connectivity index (χ4v) is 7.14. The van der Waals surface area contributed by atoms with Gasteiger partial charge in [0, 0.05) is 5.92 Å². The zero-order chi connectivity index (χ0) is 20.4. The van der Waals surface area contributed by atoms with Gasteiger partial charge in [0.2, 0.25) is 0 Å². The Balaban J connectivity index is 1.77. The number of carbonyl (C=O) groups is 1. The van der Waals surface area contributed by atoms with Gasteiger partial charge in [-0.05, 0) is 61.5 Å². The Hall–Kier alpha value is -1.01. The van der Waals surface area contributed by atoms with Crippen LogP contribution in [0.2, 0.25) is 0 Å². The average Bonchev–Trinajstić information content (AvgIpc) is 3.10. The summed E-state index contributed by atoms with van der Waals surface area (Å²) in [5, 5.41) is 23.4. The lowest BCUT2D eigenvalue weighted by Crippen LogP contribution is -2.67. The van der Waals surface area contributed by atoms with Crippen LogP contribution < -0.4 is 0 Å². The molecular weight excluding hydrogens is 356 g/mol. The lowest BCUT2D eigenvalue weighted by molar-refractivity contribution is -0.303. The van der Waals surface area contributed by atoms with Crippen molar-refractivity contribution in [1.29, 1.82) is 0 Å². The molecule has 2 saturated carbocycles. The molecule has 4 aliphatic carbocycles. The molecule has 0 aromatic carbocycles. The number of aliphatic hydroxyl groups is 2.